The molecule has 20 heavy (non-hydrogen) atoms. The van der Waals surface area contributed by atoms with Crippen LogP contribution in [0.1, 0.15) is 47.5 Å². The largest absolute Gasteiger partial charge is 0.469 e. The first-order valence-corrected chi connectivity index (χ1v) is 6.91. The Morgan fingerprint density at radius 3 is 2.05 bits per heavy atom. The summed E-state index contributed by atoms with van der Waals surface area (Å²) in [6.07, 6.45) is 3.71. The van der Waals surface area contributed by atoms with Crippen LogP contribution in [0.15, 0.2) is 24.3 Å². The summed E-state index contributed by atoms with van der Waals surface area (Å²) in [5.41, 5.74) is 1.79. The van der Waals surface area contributed by atoms with E-state index in [4.69, 9.17) is 4.74 Å². The maximum atomic E-state index is 11.5. The van der Waals surface area contributed by atoms with Gasteiger partial charge in [-0.15, -0.1) is 0 Å². The van der Waals surface area contributed by atoms with Gasteiger partial charge in [0.05, 0.1) is 25.7 Å². The van der Waals surface area contributed by atoms with E-state index in [0.29, 0.717) is 11.5 Å². The molecule has 1 aliphatic carbocycles. The molecule has 4 heteroatoms. The molecule has 1 aromatic rings. The van der Waals surface area contributed by atoms with E-state index >= 15 is 0 Å². The lowest BCUT2D eigenvalue weighted by atomic mass is 9.78. The molecule has 0 spiro atoms. The van der Waals surface area contributed by atoms with E-state index in [1.54, 1.807) is 12.1 Å². The van der Waals surface area contributed by atoms with Crippen LogP contribution in [-0.4, -0.2) is 26.2 Å². The maximum Gasteiger partial charge on any atom is 0.337 e. The number of carbonyl (C=O) groups excluding carboxylic acids is 2. The van der Waals surface area contributed by atoms with Gasteiger partial charge in [0.2, 0.25) is 0 Å². The second kappa shape index (κ2) is 6.55. The molecule has 0 amide bonds. The zero-order chi connectivity index (χ0) is 14.5. The number of methoxy groups -OCH3 is 2. The molecule has 108 valence electrons. The lowest BCUT2D eigenvalue weighted by Gasteiger charge is -2.27. The number of ether oxygens (including phenoxy) is 2. The zero-order valence-electron chi connectivity index (χ0n) is 11.9. The van der Waals surface area contributed by atoms with Crippen LogP contribution in [0.3, 0.4) is 0 Å². The van der Waals surface area contributed by atoms with Crippen molar-refractivity contribution in [2.75, 3.05) is 14.2 Å². The van der Waals surface area contributed by atoms with Crippen LogP contribution in [-0.2, 0) is 14.3 Å². The van der Waals surface area contributed by atoms with E-state index in [0.717, 1.165) is 25.7 Å². The molecular weight excluding hydrogens is 256 g/mol. The average Bonchev–Trinajstić information content (AvgIpc) is 2.53. The Kier molecular flexibility index (Phi) is 4.77. The van der Waals surface area contributed by atoms with Crippen molar-refractivity contribution in [2.24, 2.45) is 5.92 Å². The van der Waals surface area contributed by atoms with Crippen LogP contribution >= 0.6 is 0 Å². The molecular formula is C16H20O4. The molecule has 0 aromatic heterocycles. The highest BCUT2D eigenvalue weighted by molar-refractivity contribution is 5.89. The number of hydrogen-bond acceptors (Lipinski definition) is 4. The van der Waals surface area contributed by atoms with Crippen LogP contribution in [0.2, 0.25) is 0 Å². The van der Waals surface area contributed by atoms with Crippen molar-refractivity contribution < 1.29 is 19.1 Å². The van der Waals surface area contributed by atoms with Crippen molar-refractivity contribution in [3.8, 4) is 0 Å². The summed E-state index contributed by atoms with van der Waals surface area (Å²) in [5.74, 6) is 0.101. The van der Waals surface area contributed by atoms with E-state index in [1.165, 1.54) is 19.8 Å². The number of hydrogen-bond donors (Lipinski definition) is 0. The summed E-state index contributed by atoms with van der Waals surface area (Å²) in [6, 6.07) is 7.56. The standard InChI is InChI=1S/C16H20O4/c1-19-15(17)13-7-3-11(4-8-13)12-5-9-14(10-6-12)16(18)20-2/h3-4,7-8,12,14H,5-6,9-10H2,1-2H3. The predicted molar refractivity (Wildman–Crippen MR) is 74.5 cm³/mol. The summed E-state index contributed by atoms with van der Waals surface area (Å²) in [5, 5.41) is 0. The lowest BCUT2D eigenvalue weighted by molar-refractivity contribution is -0.146. The molecule has 1 fully saturated rings. The quantitative estimate of drug-likeness (QED) is 0.796. The molecule has 0 saturated heterocycles. The van der Waals surface area contributed by atoms with Gasteiger partial charge in [0, 0.05) is 0 Å². The number of rotatable bonds is 3. The molecule has 1 aliphatic rings. The molecule has 0 atom stereocenters. The van der Waals surface area contributed by atoms with Crippen LogP contribution in [0.4, 0.5) is 0 Å². The third-order valence-corrected chi connectivity index (χ3v) is 4.06. The van der Waals surface area contributed by atoms with E-state index < -0.39 is 0 Å². The minimum Gasteiger partial charge on any atom is -0.469 e. The van der Waals surface area contributed by atoms with Crippen molar-refractivity contribution in [3.63, 3.8) is 0 Å². The molecule has 2 rings (SSSR count). The Hall–Kier alpha value is -1.84. The molecule has 4 nitrogen and oxygen atoms in total. The fourth-order valence-corrected chi connectivity index (χ4v) is 2.84. The first-order chi connectivity index (χ1) is 9.65. The van der Waals surface area contributed by atoms with E-state index in [2.05, 4.69) is 4.74 Å². The monoisotopic (exact) mass is 276 g/mol. The Morgan fingerprint density at radius 1 is 0.950 bits per heavy atom. The van der Waals surface area contributed by atoms with Crippen LogP contribution in [0.5, 0.6) is 0 Å². The van der Waals surface area contributed by atoms with Gasteiger partial charge in [-0.25, -0.2) is 4.79 Å². The summed E-state index contributed by atoms with van der Waals surface area (Å²) >= 11 is 0. The summed E-state index contributed by atoms with van der Waals surface area (Å²) < 4.78 is 9.48. The highest BCUT2D eigenvalue weighted by atomic mass is 16.5. The first-order valence-electron chi connectivity index (χ1n) is 6.91. The highest BCUT2D eigenvalue weighted by Gasteiger charge is 2.27. The first kappa shape index (κ1) is 14.6. The van der Waals surface area contributed by atoms with E-state index in [9.17, 15) is 9.59 Å². The molecule has 1 aromatic carbocycles. The smallest absolute Gasteiger partial charge is 0.337 e. The fourth-order valence-electron chi connectivity index (χ4n) is 2.84. The Bertz CT molecular complexity index is 470. The van der Waals surface area contributed by atoms with Crippen molar-refractivity contribution in [2.45, 2.75) is 31.6 Å². The van der Waals surface area contributed by atoms with Gasteiger partial charge in [-0.1, -0.05) is 12.1 Å². The molecule has 0 bridgehead atoms. The summed E-state index contributed by atoms with van der Waals surface area (Å²) in [7, 11) is 2.82. The normalized spacial score (nSPS) is 22.1. The molecule has 0 N–H and O–H groups in total. The van der Waals surface area contributed by atoms with Crippen molar-refractivity contribution in [3.05, 3.63) is 35.4 Å². The molecule has 0 radical (unpaired) electrons. The average molecular weight is 276 g/mol. The van der Waals surface area contributed by atoms with Gasteiger partial charge in [0.1, 0.15) is 0 Å². The van der Waals surface area contributed by atoms with Crippen LogP contribution < -0.4 is 0 Å². The Balaban J connectivity index is 1.97. The molecule has 0 aliphatic heterocycles. The maximum absolute atomic E-state index is 11.5. The van der Waals surface area contributed by atoms with E-state index in [1.807, 2.05) is 12.1 Å². The summed E-state index contributed by atoms with van der Waals surface area (Å²) in [4.78, 5) is 22.9. The number of benzene rings is 1. The number of esters is 2. The third kappa shape index (κ3) is 3.18. The molecule has 0 heterocycles. The topological polar surface area (TPSA) is 52.6 Å². The zero-order valence-corrected chi connectivity index (χ0v) is 11.9. The van der Waals surface area contributed by atoms with Gasteiger partial charge in [-0.3, -0.25) is 4.79 Å². The van der Waals surface area contributed by atoms with Gasteiger partial charge >= 0.3 is 11.9 Å². The minimum atomic E-state index is -0.314. The second-order valence-corrected chi connectivity index (χ2v) is 5.19. The van der Waals surface area contributed by atoms with Gasteiger partial charge in [-0.05, 0) is 49.3 Å². The third-order valence-electron chi connectivity index (χ3n) is 4.06. The second-order valence-electron chi connectivity index (χ2n) is 5.19. The lowest BCUT2D eigenvalue weighted by Crippen LogP contribution is -2.22. The van der Waals surface area contributed by atoms with Gasteiger partial charge in [0.15, 0.2) is 0 Å². The molecule has 0 unspecified atom stereocenters. The highest BCUT2D eigenvalue weighted by Crippen LogP contribution is 2.36. The van der Waals surface area contributed by atoms with Crippen molar-refractivity contribution >= 4 is 11.9 Å². The van der Waals surface area contributed by atoms with Gasteiger partial charge < -0.3 is 9.47 Å². The minimum absolute atomic E-state index is 0.0468. The van der Waals surface area contributed by atoms with Crippen molar-refractivity contribution in [1.29, 1.82) is 0 Å². The Labute approximate surface area is 119 Å². The van der Waals surface area contributed by atoms with Crippen LogP contribution in [0, 0.1) is 5.92 Å². The fraction of sp³-hybridized carbons (Fsp3) is 0.500. The SMILES string of the molecule is COC(=O)c1ccc(C2CCC(C(=O)OC)CC2)cc1. The van der Waals surface area contributed by atoms with Crippen molar-refractivity contribution in [1.82, 2.24) is 0 Å². The van der Waals surface area contributed by atoms with Gasteiger partial charge in [0.25, 0.3) is 0 Å². The van der Waals surface area contributed by atoms with E-state index in [-0.39, 0.29) is 17.9 Å². The Morgan fingerprint density at radius 2 is 1.55 bits per heavy atom. The number of carbonyl (C=O) groups is 2. The van der Waals surface area contributed by atoms with Crippen LogP contribution in [0.25, 0.3) is 0 Å². The summed E-state index contributed by atoms with van der Waals surface area (Å²) in [6.45, 7) is 0. The van der Waals surface area contributed by atoms with Gasteiger partial charge in [-0.2, -0.15) is 0 Å². The molecule has 1 saturated carbocycles. The predicted octanol–water partition coefficient (Wildman–Crippen LogP) is 2.92.